The maximum absolute atomic E-state index is 6.42. The first-order valence-corrected chi connectivity index (χ1v) is 15.0. The molecule has 5 aromatic carbocycles. The van der Waals surface area contributed by atoms with Crippen LogP contribution in [0.1, 0.15) is 0 Å². The van der Waals surface area contributed by atoms with Crippen LogP contribution in [0.4, 0.5) is 0 Å². The van der Waals surface area contributed by atoms with E-state index in [2.05, 4.69) is 106 Å². The molecule has 0 saturated carbocycles. The Morgan fingerprint density at radius 1 is 0.568 bits per heavy atom. The predicted molar refractivity (Wildman–Crippen MR) is 170 cm³/mol. The summed E-state index contributed by atoms with van der Waals surface area (Å²) >= 11 is 4.59. The van der Waals surface area contributed by atoms with E-state index in [1.165, 1.54) is 20.2 Å². The van der Waals surface area contributed by atoms with Gasteiger partial charge in [-0.3, -0.25) is 0 Å². The highest BCUT2D eigenvalue weighted by atomic mass is 127. The summed E-state index contributed by atoms with van der Waals surface area (Å²) in [4.78, 5) is 1.11. The molecule has 0 aliphatic rings. The summed E-state index contributed by atoms with van der Waals surface area (Å²) in [7, 11) is 1.34. The largest absolute Gasteiger partial charge is 0.490 e. The molecule has 0 saturated heterocycles. The zero-order chi connectivity index (χ0) is 25.4. The van der Waals surface area contributed by atoms with Gasteiger partial charge in [0.1, 0.15) is 11.5 Å². The Labute approximate surface area is 245 Å². The average molecular weight is 727 g/mol. The predicted octanol–water partition coefficient (Wildman–Crippen LogP) is 10.5. The van der Waals surface area contributed by atoms with Gasteiger partial charge >= 0.3 is 0 Å². The summed E-state index contributed by atoms with van der Waals surface area (Å²) < 4.78 is 23.6. The summed E-state index contributed by atoms with van der Waals surface area (Å²) in [6.07, 6.45) is 0. The van der Waals surface area contributed by atoms with E-state index in [4.69, 9.17) is 14.2 Å². The van der Waals surface area contributed by atoms with Crippen LogP contribution in [0.3, 0.4) is 0 Å². The highest BCUT2D eigenvalue weighted by Crippen LogP contribution is 2.53. The van der Waals surface area contributed by atoms with Gasteiger partial charge in [-0.1, -0.05) is 24.3 Å². The maximum atomic E-state index is 6.42. The van der Waals surface area contributed by atoms with Crippen LogP contribution in [0.5, 0.6) is 28.7 Å². The van der Waals surface area contributed by atoms with E-state index < -0.39 is 0 Å². The van der Waals surface area contributed by atoms with E-state index in [1.807, 2.05) is 48.5 Å². The monoisotopic (exact) mass is 727 g/mol. The molecule has 1 aromatic heterocycles. The SMILES string of the molecule is COc1c(Oc2ccc(I)cc2)cc(-[s+]2c3ccccc3c3ccccc32)cc1Oc1ccc(I)cc1. The summed E-state index contributed by atoms with van der Waals surface area (Å²) in [6.45, 7) is 0. The third kappa shape index (κ3) is 4.89. The first-order valence-electron chi connectivity index (χ1n) is 11.6. The van der Waals surface area contributed by atoms with Crippen LogP contribution < -0.4 is 14.2 Å². The number of hydrogen-bond donors (Lipinski definition) is 0. The van der Waals surface area contributed by atoms with Gasteiger partial charge in [-0.2, -0.15) is 0 Å². The quantitative estimate of drug-likeness (QED) is 0.126. The molecule has 0 atom stereocenters. The van der Waals surface area contributed by atoms with Crippen molar-refractivity contribution >= 4 is 75.8 Å². The molecule has 0 aliphatic carbocycles. The number of halogens is 2. The Bertz CT molecular complexity index is 1600. The van der Waals surface area contributed by atoms with Crippen LogP contribution in [0.2, 0.25) is 0 Å². The lowest BCUT2D eigenvalue weighted by atomic mass is 10.2. The summed E-state index contributed by atoms with van der Waals surface area (Å²) in [6, 6.07) is 37.5. The van der Waals surface area contributed by atoms with E-state index >= 15 is 0 Å². The molecule has 0 aliphatic heterocycles. The Morgan fingerprint density at radius 2 is 1.00 bits per heavy atom. The third-order valence-electron chi connectivity index (χ3n) is 6.02. The fraction of sp³-hybridized carbons (Fsp3) is 0.0323. The lowest BCUT2D eigenvalue weighted by Gasteiger charge is -2.15. The molecule has 0 N–H and O–H groups in total. The number of hydrogen-bond acceptors (Lipinski definition) is 3. The second-order valence-corrected chi connectivity index (χ2v) is 12.8. The highest BCUT2D eigenvalue weighted by molar-refractivity contribution is 14.1. The van der Waals surface area contributed by atoms with Crippen molar-refractivity contribution in [3.8, 4) is 33.6 Å². The van der Waals surface area contributed by atoms with Gasteiger partial charge in [-0.05, 0) is 118 Å². The molecule has 0 unspecified atom stereocenters. The first-order chi connectivity index (χ1) is 18.1. The molecular weight excluding hydrogens is 706 g/mol. The molecule has 0 fully saturated rings. The second kappa shape index (κ2) is 10.5. The van der Waals surface area contributed by atoms with Crippen LogP contribution in [0.15, 0.2) is 109 Å². The van der Waals surface area contributed by atoms with Crippen LogP contribution in [0, 0.1) is 7.14 Å². The molecule has 0 spiro atoms. The molecule has 37 heavy (non-hydrogen) atoms. The number of thiophene rings is 1. The van der Waals surface area contributed by atoms with Crippen LogP contribution in [-0.4, -0.2) is 7.11 Å². The summed E-state index contributed by atoms with van der Waals surface area (Å²) in [5, 5.41) is 2.55. The van der Waals surface area contributed by atoms with Crippen LogP contribution in [0.25, 0.3) is 25.1 Å². The van der Waals surface area contributed by atoms with Crippen molar-refractivity contribution in [1.82, 2.24) is 0 Å². The normalized spacial score (nSPS) is 11.1. The molecule has 0 amide bonds. The van der Waals surface area contributed by atoms with Gasteiger partial charge in [0.25, 0.3) is 0 Å². The average Bonchev–Trinajstić information content (AvgIpc) is 3.26. The zero-order valence-electron chi connectivity index (χ0n) is 19.8. The molecule has 1 heterocycles. The van der Waals surface area contributed by atoms with E-state index in [9.17, 15) is 0 Å². The van der Waals surface area contributed by atoms with Crippen molar-refractivity contribution in [3.05, 3.63) is 116 Å². The number of benzene rings is 5. The van der Waals surface area contributed by atoms with Gasteiger partial charge in [0.05, 0.1) is 7.11 Å². The molecule has 6 aromatic rings. The Kier molecular flexibility index (Phi) is 6.96. The van der Waals surface area contributed by atoms with E-state index in [-0.39, 0.29) is 10.5 Å². The van der Waals surface area contributed by atoms with Gasteiger partial charge in [-0.15, -0.1) is 0 Å². The van der Waals surface area contributed by atoms with Gasteiger partial charge in [0, 0.05) is 40.5 Å². The van der Waals surface area contributed by atoms with E-state index in [0.29, 0.717) is 17.2 Å². The minimum atomic E-state index is -0.313. The maximum Gasteiger partial charge on any atom is 0.205 e. The van der Waals surface area contributed by atoms with Crippen molar-refractivity contribution in [3.63, 3.8) is 0 Å². The number of fused-ring (bicyclic) bond motifs is 3. The highest BCUT2D eigenvalue weighted by Gasteiger charge is 2.27. The van der Waals surface area contributed by atoms with Gasteiger partial charge in [-0.25, -0.2) is 0 Å². The summed E-state index contributed by atoms with van der Waals surface area (Å²) in [5.41, 5.74) is 0. The summed E-state index contributed by atoms with van der Waals surface area (Å²) in [5.74, 6) is 3.29. The minimum absolute atomic E-state index is 0.313. The van der Waals surface area contributed by atoms with Crippen molar-refractivity contribution in [2.24, 2.45) is 0 Å². The fourth-order valence-corrected chi connectivity index (χ4v) is 7.53. The third-order valence-corrected chi connectivity index (χ3v) is 9.76. The van der Waals surface area contributed by atoms with Crippen LogP contribution >= 0.6 is 55.7 Å². The lowest BCUT2D eigenvalue weighted by Crippen LogP contribution is -1.95. The van der Waals surface area contributed by atoms with Crippen molar-refractivity contribution < 1.29 is 14.2 Å². The topological polar surface area (TPSA) is 27.7 Å². The standard InChI is InChI=1S/C31H21I2O3S/c1-34-31-27(35-22-14-10-20(32)11-15-22)18-24(19-28(31)36-23-16-12-21(33)13-17-23)37-29-8-4-2-6-25(29)26-7-3-5-9-30(26)37/h2-19H,1H3/q+1. The molecule has 0 bridgehead atoms. The fourth-order valence-electron chi connectivity index (χ4n) is 4.39. The van der Waals surface area contributed by atoms with Crippen LogP contribution in [-0.2, 0) is 0 Å². The minimum Gasteiger partial charge on any atom is -0.490 e. The Balaban J connectivity index is 1.58. The molecule has 182 valence electrons. The van der Waals surface area contributed by atoms with Crippen molar-refractivity contribution in [1.29, 1.82) is 0 Å². The number of rotatable bonds is 6. The lowest BCUT2D eigenvalue weighted by molar-refractivity contribution is 0.353. The van der Waals surface area contributed by atoms with Gasteiger partial charge < -0.3 is 14.2 Å². The van der Waals surface area contributed by atoms with Crippen molar-refractivity contribution in [2.75, 3.05) is 7.11 Å². The van der Waals surface area contributed by atoms with Crippen molar-refractivity contribution in [2.45, 2.75) is 0 Å². The van der Waals surface area contributed by atoms with E-state index in [1.54, 1.807) is 7.11 Å². The van der Waals surface area contributed by atoms with E-state index in [0.717, 1.165) is 23.5 Å². The first kappa shape index (κ1) is 24.5. The second-order valence-electron chi connectivity index (χ2n) is 8.36. The zero-order valence-corrected chi connectivity index (χ0v) is 24.9. The molecule has 6 heteroatoms. The van der Waals surface area contributed by atoms with Gasteiger partial charge in [0.15, 0.2) is 25.8 Å². The Hall–Kier alpha value is -2.82. The number of methoxy groups -OCH3 is 1. The molecule has 3 nitrogen and oxygen atoms in total. The Morgan fingerprint density at radius 3 is 1.43 bits per heavy atom. The molecule has 6 rings (SSSR count). The van der Waals surface area contributed by atoms with Gasteiger partial charge in [0.2, 0.25) is 5.75 Å². The smallest absolute Gasteiger partial charge is 0.205 e. The molecular formula is C31H21I2O3S+. The number of ether oxygens (including phenoxy) is 3. The molecule has 0 radical (unpaired) electrons.